The summed E-state index contributed by atoms with van der Waals surface area (Å²) in [5, 5.41) is 20.1. The van der Waals surface area contributed by atoms with Crippen LogP contribution in [0.1, 0.15) is 106 Å². The number of hydrogen-bond acceptors (Lipinski definition) is 2. The molecule has 2 N–H and O–H groups in total. The quantitative estimate of drug-likeness (QED) is 0.438. The molecule has 2 heteroatoms. The summed E-state index contributed by atoms with van der Waals surface area (Å²) in [5.41, 5.74) is 4.01. The highest BCUT2D eigenvalue weighted by Gasteiger charge is 2.65. The van der Waals surface area contributed by atoms with Crippen LogP contribution in [-0.2, 0) is 0 Å². The van der Waals surface area contributed by atoms with Crippen LogP contribution in [-0.4, -0.2) is 22.9 Å². The van der Waals surface area contributed by atoms with Gasteiger partial charge in [0.15, 0.2) is 0 Å². The van der Waals surface area contributed by atoms with Crippen LogP contribution in [0.4, 0.5) is 0 Å². The largest absolute Gasteiger partial charge is 0.393 e. The fourth-order valence-electron chi connectivity index (χ4n) is 9.51. The molecule has 8 atom stereocenters. The highest BCUT2D eigenvalue weighted by molar-refractivity contribution is 5.33. The zero-order valence-electron chi connectivity index (χ0n) is 22.0. The Morgan fingerprint density at radius 1 is 1.09 bits per heavy atom. The molecule has 4 aliphatic carbocycles. The first-order chi connectivity index (χ1) is 14.9. The van der Waals surface area contributed by atoms with E-state index in [1.807, 2.05) is 12.5 Å². The summed E-state index contributed by atoms with van der Waals surface area (Å²) in [6, 6.07) is 0. The molecule has 3 saturated carbocycles. The van der Waals surface area contributed by atoms with Gasteiger partial charge in [-0.2, -0.15) is 0 Å². The lowest BCUT2D eigenvalue weighted by Crippen LogP contribution is -2.58. The van der Waals surface area contributed by atoms with Crippen molar-refractivity contribution >= 4 is 0 Å². The van der Waals surface area contributed by atoms with Gasteiger partial charge in [0.2, 0.25) is 0 Å². The van der Waals surface area contributed by atoms with Crippen LogP contribution >= 0.6 is 0 Å². The second-order valence-corrected chi connectivity index (χ2v) is 13.6. The minimum Gasteiger partial charge on any atom is -0.393 e. The first-order valence-electron chi connectivity index (χ1n) is 13.6. The molecule has 32 heavy (non-hydrogen) atoms. The molecule has 4 aliphatic rings. The molecule has 2 nitrogen and oxygen atoms in total. The molecule has 0 bridgehead atoms. The number of aliphatic hydroxyl groups is 2. The van der Waals surface area contributed by atoms with Crippen molar-refractivity contribution < 1.29 is 10.2 Å². The fourth-order valence-corrected chi connectivity index (χ4v) is 9.51. The smallest absolute Gasteiger partial charge is 0.0639 e. The Labute approximate surface area is 198 Å². The highest BCUT2D eigenvalue weighted by Crippen LogP contribution is 2.73. The molecule has 4 rings (SSSR count). The molecule has 3 fully saturated rings. The van der Waals surface area contributed by atoms with Gasteiger partial charge < -0.3 is 10.2 Å². The predicted octanol–water partition coefficient (Wildman–Crippen LogP) is 7.31. The van der Waals surface area contributed by atoms with Crippen molar-refractivity contribution in [2.45, 2.75) is 112 Å². The van der Waals surface area contributed by atoms with E-state index >= 15 is 0 Å². The summed E-state index contributed by atoms with van der Waals surface area (Å²) in [6.45, 7) is 17.2. The first kappa shape index (κ1) is 24.5. The molecule has 0 amide bonds. The average molecular weight is 443 g/mol. The summed E-state index contributed by atoms with van der Waals surface area (Å²) < 4.78 is 0. The number of hydrogen-bond donors (Lipinski definition) is 2. The van der Waals surface area contributed by atoms with Gasteiger partial charge in [0.05, 0.1) is 12.7 Å². The van der Waals surface area contributed by atoms with Crippen molar-refractivity contribution in [1.82, 2.24) is 0 Å². The second kappa shape index (κ2) is 8.26. The molecular formula is C30H50O2. The van der Waals surface area contributed by atoms with E-state index in [0.29, 0.717) is 28.1 Å². The molecule has 0 spiro atoms. The Balaban J connectivity index is 1.59. The normalized spacial score (nSPS) is 46.7. The third-order valence-corrected chi connectivity index (χ3v) is 11.9. The van der Waals surface area contributed by atoms with Crippen LogP contribution in [0.15, 0.2) is 23.3 Å². The topological polar surface area (TPSA) is 40.5 Å². The highest BCUT2D eigenvalue weighted by atomic mass is 16.3. The molecular weight excluding hydrogens is 392 g/mol. The molecule has 0 saturated heterocycles. The third-order valence-electron chi connectivity index (χ3n) is 11.9. The Morgan fingerprint density at radius 2 is 1.81 bits per heavy atom. The maximum Gasteiger partial charge on any atom is 0.0639 e. The summed E-state index contributed by atoms with van der Waals surface area (Å²) >= 11 is 0. The van der Waals surface area contributed by atoms with Gasteiger partial charge in [0.25, 0.3) is 0 Å². The maximum absolute atomic E-state index is 10.8. The Kier molecular flexibility index (Phi) is 6.33. The van der Waals surface area contributed by atoms with E-state index in [1.54, 1.807) is 0 Å². The second-order valence-electron chi connectivity index (χ2n) is 13.6. The van der Waals surface area contributed by atoms with Crippen LogP contribution in [0, 0.1) is 45.3 Å². The van der Waals surface area contributed by atoms with Crippen LogP contribution in [0.5, 0.6) is 0 Å². The van der Waals surface area contributed by atoms with E-state index in [1.165, 1.54) is 38.5 Å². The number of rotatable bonds is 5. The zero-order chi connectivity index (χ0) is 23.5. The summed E-state index contributed by atoms with van der Waals surface area (Å²) in [6.07, 6.45) is 15.8. The van der Waals surface area contributed by atoms with Gasteiger partial charge >= 0.3 is 0 Å². The van der Waals surface area contributed by atoms with Crippen molar-refractivity contribution in [1.29, 1.82) is 0 Å². The van der Waals surface area contributed by atoms with E-state index in [9.17, 15) is 10.2 Å². The zero-order valence-corrected chi connectivity index (χ0v) is 22.0. The molecule has 8 unspecified atom stereocenters. The van der Waals surface area contributed by atoms with Crippen LogP contribution in [0.3, 0.4) is 0 Å². The van der Waals surface area contributed by atoms with Gasteiger partial charge in [-0.1, -0.05) is 64.8 Å². The minimum atomic E-state index is -0.153. The molecule has 0 radical (unpaired) electrons. The van der Waals surface area contributed by atoms with Gasteiger partial charge in [0.1, 0.15) is 0 Å². The summed E-state index contributed by atoms with van der Waals surface area (Å²) in [5.74, 6) is 2.83. The van der Waals surface area contributed by atoms with Crippen molar-refractivity contribution in [2.75, 3.05) is 6.61 Å². The standard InChI is InChI=1S/C30H50O2/c1-20(19-31)9-8-10-21(2)22-13-17-30(7)24-11-12-25-27(3,4)26(32)15-16-28(25,5)23(24)14-18-29(22,30)6/h9,11,21-23,25-26,31-32H,8,10,12-19H2,1-7H3/b20-9-. The van der Waals surface area contributed by atoms with Crippen molar-refractivity contribution in [3.05, 3.63) is 23.3 Å². The summed E-state index contributed by atoms with van der Waals surface area (Å²) in [7, 11) is 0. The van der Waals surface area contributed by atoms with Crippen LogP contribution < -0.4 is 0 Å². The Morgan fingerprint density at radius 3 is 2.50 bits per heavy atom. The van der Waals surface area contributed by atoms with E-state index in [-0.39, 0.29) is 18.1 Å². The molecule has 0 aliphatic heterocycles. The van der Waals surface area contributed by atoms with Gasteiger partial charge in [-0.3, -0.25) is 0 Å². The third kappa shape index (κ3) is 3.41. The van der Waals surface area contributed by atoms with E-state index in [0.717, 1.165) is 36.7 Å². The van der Waals surface area contributed by atoms with Crippen molar-refractivity contribution in [3.8, 4) is 0 Å². The van der Waals surface area contributed by atoms with E-state index < -0.39 is 0 Å². The van der Waals surface area contributed by atoms with Crippen LogP contribution in [0.2, 0.25) is 0 Å². The monoisotopic (exact) mass is 442 g/mol. The van der Waals surface area contributed by atoms with Gasteiger partial charge in [0, 0.05) is 0 Å². The lowest BCUT2D eigenvalue weighted by Gasteiger charge is -2.64. The number of fused-ring (bicyclic) bond motifs is 5. The van der Waals surface area contributed by atoms with Gasteiger partial charge in [-0.25, -0.2) is 0 Å². The SMILES string of the molecule is C/C(=C/CCC(C)C1CCC2(C)C3=CCC4C(C)(C)C(O)CCC4(C)C3CCC12C)CO. The summed E-state index contributed by atoms with van der Waals surface area (Å²) in [4.78, 5) is 0. The first-order valence-corrected chi connectivity index (χ1v) is 13.6. The van der Waals surface area contributed by atoms with Gasteiger partial charge in [-0.15, -0.1) is 0 Å². The maximum atomic E-state index is 10.8. The molecule has 182 valence electrons. The fraction of sp³-hybridized carbons (Fsp3) is 0.867. The average Bonchev–Trinajstić information content (AvgIpc) is 3.02. The predicted molar refractivity (Wildman–Crippen MR) is 134 cm³/mol. The number of aliphatic hydroxyl groups excluding tert-OH is 2. The molecule has 0 aromatic rings. The van der Waals surface area contributed by atoms with Crippen LogP contribution in [0.25, 0.3) is 0 Å². The molecule has 0 aromatic heterocycles. The van der Waals surface area contributed by atoms with Crippen molar-refractivity contribution in [3.63, 3.8) is 0 Å². The Hall–Kier alpha value is -0.600. The lowest BCUT2D eigenvalue weighted by molar-refractivity contribution is -0.131. The van der Waals surface area contributed by atoms with E-state index in [2.05, 4.69) is 53.7 Å². The number of allylic oxidation sites excluding steroid dienone is 3. The van der Waals surface area contributed by atoms with Gasteiger partial charge in [-0.05, 0) is 110 Å². The Bertz CT molecular complexity index is 778. The van der Waals surface area contributed by atoms with E-state index in [4.69, 9.17) is 0 Å². The molecule has 0 heterocycles. The molecule has 0 aromatic carbocycles. The van der Waals surface area contributed by atoms with Crippen molar-refractivity contribution in [2.24, 2.45) is 45.3 Å². The minimum absolute atomic E-state index is 0.0175. The lowest BCUT2D eigenvalue weighted by atomic mass is 9.41.